The predicted molar refractivity (Wildman–Crippen MR) is 65.9 cm³/mol. The molecular weight excluding hydrogens is 291 g/mol. The van der Waals surface area contributed by atoms with Gasteiger partial charge in [-0.1, -0.05) is 13.8 Å². The number of aliphatic carboxylic acids is 1. The first kappa shape index (κ1) is 14.0. The Morgan fingerprint density at radius 2 is 2.12 bits per heavy atom. The van der Waals surface area contributed by atoms with Crippen LogP contribution in [-0.2, 0) is 10.2 Å². The maximum absolute atomic E-state index is 13.9. The molecule has 0 bridgehead atoms. The summed E-state index contributed by atoms with van der Waals surface area (Å²) in [6.45, 7) is 3.35. The molecular formula is C12H14BrFO3. The predicted octanol–water partition coefficient (Wildman–Crippen LogP) is 3.35. The molecule has 17 heavy (non-hydrogen) atoms. The lowest BCUT2D eigenvalue weighted by molar-refractivity contribution is -0.138. The summed E-state index contributed by atoms with van der Waals surface area (Å²) >= 11 is 3.26. The molecule has 1 aromatic rings. The molecule has 1 rings (SSSR count). The Hall–Kier alpha value is -1.10. The Labute approximate surface area is 108 Å². The smallest absolute Gasteiger partial charge is 0.304 e. The van der Waals surface area contributed by atoms with Crippen molar-refractivity contribution < 1.29 is 19.0 Å². The third-order valence-electron chi connectivity index (χ3n) is 2.53. The molecule has 0 aliphatic rings. The highest BCUT2D eigenvalue weighted by atomic mass is 79.9. The van der Waals surface area contributed by atoms with E-state index in [4.69, 9.17) is 9.84 Å². The van der Waals surface area contributed by atoms with Gasteiger partial charge in [0.2, 0.25) is 0 Å². The lowest BCUT2D eigenvalue weighted by Crippen LogP contribution is -2.24. The fourth-order valence-electron chi connectivity index (χ4n) is 1.83. The molecule has 0 radical (unpaired) electrons. The summed E-state index contributed by atoms with van der Waals surface area (Å²) in [7, 11) is 1.43. The minimum absolute atomic E-state index is 0.170. The van der Waals surface area contributed by atoms with Crippen molar-refractivity contribution in [2.24, 2.45) is 0 Å². The number of rotatable bonds is 4. The second-order valence-corrected chi connectivity index (χ2v) is 5.25. The molecule has 0 aromatic heterocycles. The topological polar surface area (TPSA) is 46.5 Å². The van der Waals surface area contributed by atoms with Crippen molar-refractivity contribution in [2.75, 3.05) is 7.11 Å². The summed E-state index contributed by atoms with van der Waals surface area (Å²) in [6.07, 6.45) is -0.170. The number of hydrogen-bond acceptors (Lipinski definition) is 2. The number of carbonyl (C=O) groups is 1. The monoisotopic (exact) mass is 304 g/mol. The van der Waals surface area contributed by atoms with Gasteiger partial charge in [0.1, 0.15) is 11.6 Å². The van der Waals surface area contributed by atoms with Crippen molar-refractivity contribution in [1.29, 1.82) is 0 Å². The fourth-order valence-corrected chi connectivity index (χ4v) is 2.32. The van der Waals surface area contributed by atoms with Crippen LogP contribution in [0.3, 0.4) is 0 Å². The van der Waals surface area contributed by atoms with Crippen LogP contribution in [0.1, 0.15) is 25.8 Å². The van der Waals surface area contributed by atoms with E-state index in [9.17, 15) is 9.18 Å². The zero-order valence-electron chi connectivity index (χ0n) is 9.88. The molecule has 0 heterocycles. The van der Waals surface area contributed by atoms with E-state index in [1.807, 2.05) is 0 Å². The summed E-state index contributed by atoms with van der Waals surface area (Å²) < 4.78 is 19.6. The molecule has 0 unspecified atom stereocenters. The highest BCUT2D eigenvalue weighted by Gasteiger charge is 2.31. The normalized spacial score (nSPS) is 11.4. The molecule has 5 heteroatoms. The summed E-state index contributed by atoms with van der Waals surface area (Å²) in [5, 5.41) is 8.86. The molecule has 1 aromatic carbocycles. The Morgan fingerprint density at radius 3 is 2.59 bits per heavy atom. The van der Waals surface area contributed by atoms with E-state index >= 15 is 0 Å². The van der Waals surface area contributed by atoms with Crippen LogP contribution in [0.15, 0.2) is 16.6 Å². The quantitative estimate of drug-likeness (QED) is 0.928. The average molecular weight is 305 g/mol. The first-order valence-corrected chi connectivity index (χ1v) is 5.83. The Kier molecular flexibility index (Phi) is 4.14. The van der Waals surface area contributed by atoms with Crippen LogP contribution < -0.4 is 4.74 Å². The van der Waals surface area contributed by atoms with E-state index in [1.165, 1.54) is 19.2 Å². The maximum atomic E-state index is 13.9. The van der Waals surface area contributed by atoms with E-state index in [2.05, 4.69) is 15.9 Å². The van der Waals surface area contributed by atoms with E-state index in [-0.39, 0.29) is 12.0 Å². The minimum Gasteiger partial charge on any atom is -0.495 e. The number of ether oxygens (including phenoxy) is 1. The standard InChI is InChI=1S/C12H14BrFO3/c1-12(2,6-9(15)16)10-8(14)5-4-7(13)11(10)17-3/h4-5H,6H2,1-3H3,(H,15,16). The van der Waals surface area contributed by atoms with Gasteiger partial charge in [-0.15, -0.1) is 0 Å². The van der Waals surface area contributed by atoms with Gasteiger partial charge in [-0.25, -0.2) is 4.39 Å². The van der Waals surface area contributed by atoms with Crippen molar-refractivity contribution in [3.63, 3.8) is 0 Å². The lowest BCUT2D eigenvalue weighted by Gasteiger charge is -2.26. The molecule has 0 spiro atoms. The van der Waals surface area contributed by atoms with Gasteiger partial charge >= 0.3 is 5.97 Å². The minimum atomic E-state index is -0.976. The number of methoxy groups -OCH3 is 1. The summed E-state index contributed by atoms with van der Waals surface area (Å²) in [6, 6.07) is 2.83. The van der Waals surface area contributed by atoms with E-state index in [0.29, 0.717) is 10.2 Å². The van der Waals surface area contributed by atoms with Crippen molar-refractivity contribution >= 4 is 21.9 Å². The molecule has 0 aliphatic heterocycles. The maximum Gasteiger partial charge on any atom is 0.304 e. The highest BCUT2D eigenvalue weighted by Crippen LogP contribution is 2.40. The van der Waals surface area contributed by atoms with E-state index in [1.54, 1.807) is 13.8 Å². The molecule has 0 atom stereocenters. The Bertz CT molecular complexity index is 444. The zero-order chi connectivity index (χ0) is 13.2. The molecule has 94 valence electrons. The summed E-state index contributed by atoms with van der Waals surface area (Å²) in [5.41, 5.74) is -0.567. The summed E-state index contributed by atoms with van der Waals surface area (Å²) in [4.78, 5) is 10.8. The van der Waals surface area contributed by atoms with Crippen molar-refractivity contribution in [3.8, 4) is 5.75 Å². The van der Waals surface area contributed by atoms with E-state index in [0.717, 1.165) is 0 Å². The molecule has 1 N–H and O–H groups in total. The summed E-state index contributed by atoms with van der Waals surface area (Å²) in [5.74, 6) is -1.09. The van der Waals surface area contributed by atoms with Crippen molar-refractivity contribution in [3.05, 3.63) is 28.0 Å². The van der Waals surface area contributed by atoms with Crippen LogP contribution in [-0.4, -0.2) is 18.2 Å². The van der Waals surface area contributed by atoms with Crippen LogP contribution in [0.4, 0.5) is 4.39 Å². The molecule has 0 saturated carbocycles. The largest absolute Gasteiger partial charge is 0.495 e. The van der Waals surface area contributed by atoms with Gasteiger partial charge in [0.25, 0.3) is 0 Å². The highest BCUT2D eigenvalue weighted by molar-refractivity contribution is 9.10. The molecule has 3 nitrogen and oxygen atoms in total. The van der Waals surface area contributed by atoms with Crippen LogP contribution in [0.2, 0.25) is 0 Å². The number of hydrogen-bond donors (Lipinski definition) is 1. The number of halogens is 2. The Morgan fingerprint density at radius 1 is 1.53 bits per heavy atom. The average Bonchev–Trinajstić information content (AvgIpc) is 2.18. The van der Waals surface area contributed by atoms with Gasteiger partial charge in [0, 0.05) is 11.0 Å². The lowest BCUT2D eigenvalue weighted by atomic mass is 9.80. The van der Waals surface area contributed by atoms with Crippen LogP contribution >= 0.6 is 15.9 Å². The van der Waals surface area contributed by atoms with Gasteiger partial charge in [-0.05, 0) is 28.1 Å². The van der Waals surface area contributed by atoms with Crippen molar-refractivity contribution in [2.45, 2.75) is 25.7 Å². The van der Waals surface area contributed by atoms with Gasteiger partial charge in [-0.3, -0.25) is 4.79 Å². The molecule has 0 amide bonds. The fraction of sp³-hybridized carbons (Fsp3) is 0.417. The second-order valence-electron chi connectivity index (χ2n) is 4.39. The van der Waals surface area contributed by atoms with Gasteiger partial charge in [0.15, 0.2) is 0 Å². The molecule has 0 saturated heterocycles. The van der Waals surface area contributed by atoms with Crippen LogP contribution in [0.5, 0.6) is 5.75 Å². The van der Waals surface area contributed by atoms with Gasteiger partial charge in [0.05, 0.1) is 18.0 Å². The van der Waals surface area contributed by atoms with Crippen LogP contribution in [0.25, 0.3) is 0 Å². The third-order valence-corrected chi connectivity index (χ3v) is 3.16. The molecule has 0 aliphatic carbocycles. The van der Waals surface area contributed by atoms with E-state index < -0.39 is 17.2 Å². The third kappa shape index (κ3) is 2.97. The molecule has 0 fully saturated rings. The number of carboxylic acid groups (broad SMARTS) is 1. The first-order chi connectivity index (χ1) is 7.79. The first-order valence-electron chi connectivity index (χ1n) is 5.04. The van der Waals surface area contributed by atoms with Crippen LogP contribution in [0, 0.1) is 5.82 Å². The van der Waals surface area contributed by atoms with Gasteiger partial charge in [-0.2, -0.15) is 0 Å². The second kappa shape index (κ2) is 5.04. The van der Waals surface area contributed by atoms with Gasteiger partial charge < -0.3 is 9.84 Å². The Balaban J connectivity index is 3.38. The van der Waals surface area contributed by atoms with Crippen molar-refractivity contribution in [1.82, 2.24) is 0 Å². The number of carboxylic acids is 1. The number of benzene rings is 1. The zero-order valence-corrected chi connectivity index (χ0v) is 11.5. The SMILES string of the molecule is COc1c(Br)ccc(F)c1C(C)(C)CC(=O)O.